The Kier molecular flexibility index (Phi) is 6.21. The number of phenols is 1. The van der Waals surface area contributed by atoms with Crippen molar-refractivity contribution in [2.45, 2.75) is 46.1 Å². The maximum atomic E-state index is 12.3. The van der Waals surface area contributed by atoms with Crippen molar-refractivity contribution in [3.8, 4) is 5.75 Å². The number of aromatic hydroxyl groups is 1. The lowest BCUT2D eigenvalue weighted by molar-refractivity contribution is -0.132. The molecule has 0 aliphatic heterocycles. The van der Waals surface area contributed by atoms with E-state index in [4.69, 9.17) is 5.73 Å². The van der Waals surface area contributed by atoms with Crippen LogP contribution < -0.4 is 5.73 Å². The van der Waals surface area contributed by atoms with Crippen LogP contribution in [-0.2, 0) is 4.79 Å². The van der Waals surface area contributed by atoms with Crippen LogP contribution in [-0.4, -0.2) is 29.5 Å². The lowest BCUT2D eigenvalue weighted by Gasteiger charge is -2.28. The molecule has 0 aliphatic rings. The standard InChI is InChI=1S/C17H28N2O2/c1-13(14-7-5-6-8-15(14)20)19(4)16(21)9-10-17(2,3)11-12-18/h5-8,13,20H,9-12,18H2,1-4H3. The predicted molar refractivity (Wildman–Crippen MR) is 86.0 cm³/mol. The van der Waals surface area contributed by atoms with Crippen LogP contribution in [0.1, 0.15) is 51.6 Å². The van der Waals surface area contributed by atoms with Gasteiger partial charge >= 0.3 is 0 Å². The molecule has 0 radical (unpaired) electrons. The molecule has 0 spiro atoms. The van der Waals surface area contributed by atoms with Gasteiger partial charge in [0.05, 0.1) is 6.04 Å². The maximum absolute atomic E-state index is 12.3. The van der Waals surface area contributed by atoms with Gasteiger partial charge in [-0.1, -0.05) is 32.0 Å². The number of benzene rings is 1. The van der Waals surface area contributed by atoms with Crippen LogP contribution >= 0.6 is 0 Å². The Labute approximate surface area is 128 Å². The molecule has 4 heteroatoms. The quantitative estimate of drug-likeness (QED) is 0.811. The van der Waals surface area contributed by atoms with E-state index >= 15 is 0 Å². The molecule has 3 N–H and O–H groups in total. The second kappa shape index (κ2) is 7.46. The fourth-order valence-electron chi connectivity index (χ4n) is 2.40. The molecule has 21 heavy (non-hydrogen) atoms. The van der Waals surface area contributed by atoms with Crippen molar-refractivity contribution in [1.29, 1.82) is 0 Å². The van der Waals surface area contributed by atoms with Crippen molar-refractivity contribution in [3.63, 3.8) is 0 Å². The van der Waals surface area contributed by atoms with Gasteiger partial charge in [0.2, 0.25) is 5.91 Å². The first-order valence-electron chi connectivity index (χ1n) is 7.52. The van der Waals surface area contributed by atoms with Crippen LogP contribution in [0.15, 0.2) is 24.3 Å². The van der Waals surface area contributed by atoms with Crippen molar-refractivity contribution in [1.82, 2.24) is 4.90 Å². The predicted octanol–water partition coefficient (Wildman–Crippen LogP) is 3.07. The molecule has 0 fully saturated rings. The van der Waals surface area contributed by atoms with E-state index in [1.165, 1.54) is 0 Å². The smallest absolute Gasteiger partial charge is 0.222 e. The fraction of sp³-hybridized carbons (Fsp3) is 0.588. The van der Waals surface area contributed by atoms with Gasteiger partial charge in [-0.3, -0.25) is 4.79 Å². The number of phenolic OH excluding ortho intramolecular Hbond substituents is 1. The van der Waals surface area contributed by atoms with Crippen LogP contribution in [0.25, 0.3) is 0 Å². The molecule has 1 aromatic carbocycles. The first-order chi connectivity index (χ1) is 9.78. The first-order valence-corrected chi connectivity index (χ1v) is 7.52. The van der Waals surface area contributed by atoms with E-state index in [1.807, 2.05) is 19.1 Å². The number of nitrogens with zero attached hydrogens (tertiary/aromatic N) is 1. The average Bonchev–Trinajstić information content (AvgIpc) is 2.44. The SMILES string of the molecule is CC(c1ccccc1O)N(C)C(=O)CCC(C)(C)CCN. The van der Waals surface area contributed by atoms with Crippen LogP contribution in [0.3, 0.4) is 0 Å². The summed E-state index contributed by atoms with van der Waals surface area (Å²) in [6.07, 6.45) is 2.24. The Bertz CT molecular complexity index is 472. The van der Waals surface area contributed by atoms with E-state index in [1.54, 1.807) is 24.1 Å². The molecule has 1 aromatic rings. The Hall–Kier alpha value is -1.55. The lowest BCUT2D eigenvalue weighted by atomic mass is 9.84. The highest BCUT2D eigenvalue weighted by molar-refractivity contribution is 5.76. The third kappa shape index (κ3) is 5.05. The number of hydrogen-bond donors (Lipinski definition) is 2. The third-order valence-electron chi connectivity index (χ3n) is 4.20. The topological polar surface area (TPSA) is 66.6 Å². The number of carbonyl (C=O) groups is 1. The summed E-state index contributed by atoms with van der Waals surface area (Å²) in [4.78, 5) is 14.0. The molecule has 1 amide bonds. The molecular weight excluding hydrogens is 264 g/mol. The summed E-state index contributed by atoms with van der Waals surface area (Å²) in [6, 6.07) is 7.00. The van der Waals surface area contributed by atoms with Crippen molar-refractivity contribution < 1.29 is 9.90 Å². The number of hydrogen-bond acceptors (Lipinski definition) is 3. The number of amides is 1. The normalized spacial score (nSPS) is 13.0. The van der Waals surface area contributed by atoms with E-state index in [9.17, 15) is 9.90 Å². The molecule has 1 atom stereocenters. The molecular formula is C17H28N2O2. The average molecular weight is 292 g/mol. The fourth-order valence-corrected chi connectivity index (χ4v) is 2.40. The highest BCUT2D eigenvalue weighted by Crippen LogP contribution is 2.30. The van der Waals surface area contributed by atoms with Crippen LogP contribution in [0.4, 0.5) is 0 Å². The number of rotatable bonds is 7. The summed E-state index contributed by atoms with van der Waals surface area (Å²) >= 11 is 0. The van der Waals surface area contributed by atoms with Gasteiger partial charge in [0.15, 0.2) is 0 Å². The van der Waals surface area contributed by atoms with Gasteiger partial charge in [-0.25, -0.2) is 0 Å². The van der Waals surface area contributed by atoms with Gasteiger partial charge in [-0.2, -0.15) is 0 Å². The number of nitrogens with two attached hydrogens (primary N) is 1. The summed E-state index contributed by atoms with van der Waals surface area (Å²) in [7, 11) is 1.79. The molecule has 0 saturated carbocycles. The molecule has 0 aliphatic carbocycles. The zero-order valence-electron chi connectivity index (χ0n) is 13.6. The molecule has 0 bridgehead atoms. The molecule has 1 unspecified atom stereocenters. The summed E-state index contributed by atoms with van der Waals surface area (Å²) in [5.41, 5.74) is 6.46. The van der Waals surface area contributed by atoms with Crippen molar-refractivity contribution in [2.75, 3.05) is 13.6 Å². The Morgan fingerprint density at radius 2 is 1.95 bits per heavy atom. The van der Waals surface area contributed by atoms with Crippen LogP contribution in [0, 0.1) is 5.41 Å². The highest BCUT2D eigenvalue weighted by atomic mass is 16.3. The minimum Gasteiger partial charge on any atom is -0.508 e. The minimum absolute atomic E-state index is 0.0867. The van der Waals surface area contributed by atoms with Crippen molar-refractivity contribution in [3.05, 3.63) is 29.8 Å². The molecule has 4 nitrogen and oxygen atoms in total. The lowest BCUT2D eigenvalue weighted by Crippen LogP contribution is -2.30. The third-order valence-corrected chi connectivity index (χ3v) is 4.20. The first kappa shape index (κ1) is 17.5. The minimum atomic E-state index is -0.142. The summed E-state index contributed by atoms with van der Waals surface area (Å²) in [6.45, 7) is 6.85. The maximum Gasteiger partial charge on any atom is 0.222 e. The van der Waals surface area contributed by atoms with E-state index in [0.29, 0.717) is 13.0 Å². The van der Waals surface area contributed by atoms with Crippen molar-refractivity contribution in [2.24, 2.45) is 11.1 Å². The molecule has 0 saturated heterocycles. The zero-order chi connectivity index (χ0) is 16.0. The highest BCUT2D eigenvalue weighted by Gasteiger charge is 2.23. The second-order valence-corrected chi connectivity index (χ2v) is 6.44. The summed E-state index contributed by atoms with van der Waals surface area (Å²) in [5, 5.41) is 9.89. The Balaban J connectivity index is 2.64. The van der Waals surface area contributed by atoms with Gasteiger partial charge < -0.3 is 15.7 Å². The monoisotopic (exact) mass is 292 g/mol. The van der Waals surface area contributed by atoms with Gasteiger partial charge in [-0.05, 0) is 37.8 Å². The van der Waals surface area contributed by atoms with Crippen LogP contribution in [0.5, 0.6) is 5.75 Å². The van der Waals surface area contributed by atoms with Crippen molar-refractivity contribution >= 4 is 5.91 Å². The summed E-state index contributed by atoms with van der Waals surface area (Å²) in [5.74, 6) is 0.323. The molecule has 0 aromatic heterocycles. The second-order valence-electron chi connectivity index (χ2n) is 6.44. The van der Waals surface area contributed by atoms with E-state index in [2.05, 4.69) is 13.8 Å². The number of carbonyl (C=O) groups excluding carboxylic acids is 1. The Morgan fingerprint density at radius 3 is 2.52 bits per heavy atom. The molecule has 1 rings (SSSR count). The number of para-hydroxylation sites is 1. The van der Waals surface area contributed by atoms with Gasteiger partial charge in [0.25, 0.3) is 0 Å². The largest absolute Gasteiger partial charge is 0.508 e. The zero-order valence-corrected chi connectivity index (χ0v) is 13.6. The van der Waals surface area contributed by atoms with E-state index in [0.717, 1.165) is 18.4 Å². The molecule has 118 valence electrons. The van der Waals surface area contributed by atoms with Gasteiger partial charge in [-0.15, -0.1) is 0 Å². The molecule has 0 heterocycles. The summed E-state index contributed by atoms with van der Waals surface area (Å²) < 4.78 is 0. The van der Waals surface area contributed by atoms with Crippen LogP contribution in [0.2, 0.25) is 0 Å². The van der Waals surface area contributed by atoms with Gasteiger partial charge in [0, 0.05) is 19.0 Å². The Morgan fingerprint density at radius 1 is 1.33 bits per heavy atom. The van der Waals surface area contributed by atoms with E-state index < -0.39 is 0 Å². The van der Waals surface area contributed by atoms with E-state index in [-0.39, 0.29) is 23.1 Å². The van der Waals surface area contributed by atoms with Gasteiger partial charge in [0.1, 0.15) is 5.75 Å².